The number of benzene rings is 2. The van der Waals surface area contributed by atoms with Gasteiger partial charge in [0.15, 0.2) is 0 Å². The predicted molar refractivity (Wildman–Crippen MR) is 89.5 cm³/mol. The van der Waals surface area contributed by atoms with Crippen molar-refractivity contribution in [1.82, 2.24) is 10.2 Å². The number of urea groups is 1. The van der Waals surface area contributed by atoms with Gasteiger partial charge in [-0.05, 0) is 42.0 Å². The molecule has 0 atom stereocenters. The Labute approximate surface area is 143 Å². The molecule has 1 N–H and O–H groups in total. The standard InChI is InChI=1S/C18H16FN3O3/c1-21(15-7-5-14(19)6-8-15)17(24)13-4-2-3-12(9-13)11-22-16(23)10-20-18(22)25/h2-9H,10-11H2,1H3,(H,20,25). The van der Waals surface area contributed by atoms with Gasteiger partial charge in [0.2, 0.25) is 5.91 Å². The summed E-state index contributed by atoms with van der Waals surface area (Å²) in [4.78, 5) is 38.4. The molecule has 0 spiro atoms. The van der Waals surface area contributed by atoms with Crippen LogP contribution in [0.5, 0.6) is 0 Å². The molecule has 4 amide bonds. The Morgan fingerprint density at radius 2 is 1.92 bits per heavy atom. The lowest BCUT2D eigenvalue weighted by Gasteiger charge is -2.18. The van der Waals surface area contributed by atoms with Crippen LogP contribution in [0, 0.1) is 5.82 Å². The van der Waals surface area contributed by atoms with E-state index >= 15 is 0 Å². The van der Waals surface area contributed by atoms with Crippen molar-refractivity contribution < 1.29 is 18.8 Å². The van der Waals surface area contributed by atoms with Gasteiger partial charge in [-0.25, -0.2) is 9.18 Å². The minimum absolute atomic E-state index is 0.00917. The fourth-order valence-corrected chi connectivity index (χ4v) is 2.58. The number of nitrogens with one attached hydrogen (secondary N) is 1. The molecule has 1 heterocycles. The third kappa shape index (κ3) is 3.50. The van der Waals surface area contributed by atoms with Crippen molar-refractivity contribution in [1.29, 1.82) is 0 Å². The largest absolute Gasteiger partial charge is 0.329 e. The lowest BCUT2D eigenvalue weighted by Crippen LogP contribution is -2.30. The van der Waals surface area contributed by atoms with E-state index in [4.69, 9.17) is 0 Å². The van der Waals surface area contributed by atoms with Gasteiger partial charge in [0, 0.05) is 18.3 Å². The second-order valence-corrected chi connectivity index (χ2v) is 5.68. The number of hydrogen-bond acceptors (Lipinski definition) is 3. The van der Waals surface area contributed by atoms with Crippen molar-refractivity contribution >= 4 is 23.5 Å². The molecular weight excluding hydrogens is 325 g/mol. The highest BCUT2D eigenvalue weighted by Crippen LogP contribution is 2.18. The molecule has 0 radical (unpaired) electrons. The predicted octanol–water partition coefficient (Wildman–Crippen LogP) is 2.15. The van der Waals surface area contributed by atoms with E-state index in [1.54, 1.807) is 31.3 Å². The van der Waals surface area contributed by atoms with Crippen molar-refractivity contribution in [3.63, 3.8) is 0 Å². The van der Waals surface area contributed by atoms with Crippen LogP contribution in [-0.4, -0.2) is 36.3 Å². The normalized spacial score (nSPS) is 13.8. The van der Waals surface area contributed by atoms with Crippen molar-refractivity contribution in [3.8, 4) is 0 Å². The first-order valence-electron chi connectivity index (χ1n) is 7.66. The summed E-state index contributed by atoms with van der Waals surface area (Å²) in [5.41, 5.74) is 1.64. The lowest BCUT2D eigenvalue weighted by atomic mass is 10.1. The van der Waals surface area contributed by atoms with Gasteiger partial charge in [-0.2, -0.15) is 0 Å². The van der Waals surface area contributed by atoms with Gasteiger partial charge in [0.25, 0.3) is 5.91 Å². The Kier molecular flexibility index (Phi) is 4.47. The van der Waals surface area contributed by atoms with Crippen LogP contribution in [0.4, 0.5) is 14.9 Å². The van der Waals surface area contributed by atoms with Gasteiger partial charge in [0.05, 0.1) is 13.1 Å². The van der Waals surface area contributed by atoms with Crippen LogP contribution < -0.4 is 10.2 Å². The maximum atomic E-state index is 13.0. The summed E-state index contributed by atoms with van der Waals surface area (Å²) >= 11 is 0. The van der Waals surface area contributed by atoms with E-state index in [1.807, 2.05) is 0 Å². The highest BCUT2D eigenvalue weighted by atomic mass is 19.1. The molecule has 1 saturated heterocycles. The SMILES string of the molecule is CN(C(=O)c1cccc(CN2C(=O)CNC2=O)c1)c1ccc(F)cc1. The second kappa shape index (κ2) is 6.72. The van der Waals surface area contributed by atoms with Gasteiger partial charge < -0.3 is 10.2 Å². The summed E-state index contributed by atoms with van der Waals surface area (Å²) in [6.07, 6.45) is 0. The van der Waals surface area contributed by atoms with Gasteiger partial charge in [-0.3, -0.25) is 14.5 Å². The first-order valence-corrected chi connectivity index (χ1v) is 7.66. The fraction of sp³-hybridized carbons (Fsp3) is 0.167. The number of anilines is 1. The molecule has 7 heteroatoms. The van der Waals surface area contributed by atoms with E-state index in [-0.39, 0.29) is 30.7 Å². The van der Waals surface area contributed by atoms with Crippen LogP contribution >= 0.6 is 0 Å². The Bertz CT molecular complexity index is 820. The molecule has 0 unspecified atom stereocenters. The molecule has 0 saturated carbocycles. The number of carbonyl (C=O) groups is 3. The van der Waals surface area contributed by atoms with E-state index in [1.165, 1.54) is 29.2 Å². The number of hydrogen-bond donors (Lipinski definition) is 1. The fourth-order valence-electron chi connectivity index (χ4n) is 2.58. The number of halogens is 1. The molecule has 25 heavy (non-hydrogen) atoms. The summed E-state index contributed by atoms with van der Waals surface area (Å²) in [6.45, 7) is 0.0941. The van der Waals surface area contributed by atoms with E-state index < -0.39 is 6.03 Å². The third-order valence-electron chi connectivity index (χ3n) is 3.97. The van der Waals surface area contributed by atoms with Crippen LogP contribution in [0.2, 0.25) is 0 Å². The number of amides is 4. The molecule has 128 valence electrons. The van der Waals surface area contributed by atoms with Gasteiger partial charge in [-0.15, -0.1) is 0 Å². The summed E-state index contributed by atoms with van der Waals surface area (Å²) < 4.78 is 13.0. The quantitative estimate of drug-likeness (QED) is 0.867. The Morgan fingerprint density at radius 3 is 2.56 bits per heavy atom. The summed E-state index contributed by atoms with van der Waals surface area (Å²) in [6, 6.07) is 11.9. The molecule has 1 fully saturated rings. The number of carbonyl (C=O) groups excluding carboxylic acids is 3. The maximum absolute atomic E-state index is 13.0. The first kappa shape index (κ1) is 16.6. The van der Waals surface area contributed by atoms with Crippen LogP contribution in [0.1, 0.15) is 15.9 Å². The van der Waals surface area contributed by atoms with E-state index in [0.717, 1.165) is 4.90 Å². The van der Waals surface area contributed by atoms with E-state index in [9.17, 15) is 18.8 Å². The average molecular weight is 341 g/mol. The van der Waals surface area contributed by atoms with Crippen molar-refractivity contribution in [2.75, 3.05) is 18.5 Å². The van der Waals surface area contributed by atoms with E-state index in [0.29, 0.717) is 16.8 Å². The molecule has 6 nitrogen and oxygen atoms in total. The van der Waals surface area contributed by atoms with Gasteiger partial charge >= 0.3 is 6.03 Å². The zero-order valence-corrected chi connectivity index (χ0v) is 13.5. The number of rotatable bonds is 4. The van der Waals surface area contributed by atoms with Crippen LogP contribution in [0.3, 0.4) is 0 Å². The zero-order valence-electron chi connectivity index (χ0n) is 13.5. The number of imide groups is 1. The zero-order chi connectivity index (χ0) is 18.0. The summed E-state index contributed by atoms with van der Waals surface area (Å²) in [7, 11) is 1.60. The average Bonchev–Trinajstić information content (AvgIpc) is 2.93. The molecule has 0 bridgehead atoms. The van der Waals surface area contributed by atoms with Crippen LogP contribution in [-0.2, 0) is 11.3 Å². The molecular formula is C18H16FN3O3. The smallest absolute Gasteiger partial charge is 0.324 e. The second-order valence-electron chi connectivity index (χ2n) is 5.68. The Balaban J connectivity index is 1.78. The number of nitrogens with zero attached hydrogens (tertiary/aromatic N) is 2. The molecule has 1 aliphatic heterocycles. The van der Waals surface area contributed by atoms with Gasteiger partial charge in [-0.1, -0.05) is 12.1 Å². The molecule has 0 aromatic heterocycles. The highest BCUT2D eigenvalue weighted by molar-refractivity contribution is 6.06. The monoisotopic (exact) mass is 341 g/mol. The van der Waals surface area contributed by atoms with Crippen molar-refractivity contribution in [2.45, 2.75) is 6.54 Å². The maximum Gasteiger partial charge on any atom is 0.324 e. The van der Waals surface area contributed by atoms with E-state index in [2.05, 4.69) is 5.32 Å². The van der Waals surface area contributed by atoms with Crippen LogP contribution in [0.15, 0.2) is 48.5 Å². The third-order valence-corrected chi connectivity index (χ3v) is 3.97. The minimum Gasteiger partial charge on any atom is -0.329 e. The lowest BCUT2D eigenvalue weighted by molar-refractivity contribution is -0.125. The molecule has 2 aromatic rings. The first-order chi connectivity index (χ1) is 12.0. The summed E-state index contributed by atoms with van der Waals surface area (Å²) in [5.74, 6) is -0.948. The van der Waals surface area contributed by atoms with Gasteiger partial charge in [0.1, 0.15) is 5.82 Å². The van der Waals surface area contributed by atoms with Crippen molar-refractivity contribution in [3.05, 3.63) is 65.5 Å². The molecule has 1 aliphatic rings. The van der Waals surface area contributed by atoms with Crippen molar-refractivity contribution in [2.24, 2.45) is 0 Å². The Morgan fingerprint density at radius 1 is 1.20 bits per heavy atom. The Hall–Kier alpha value is -3.22. The minimum atomic E-state index is -0.440. The summed E-state index contributed by atoms with van der Waals surface area (Å²) in [5, 5.41) is 2.45. The highest BCUT2D eigenvalue weighted by Gasteiger charge is 2.28. The molecule has 2 aromatic carbocycles. The van der Waals surface area contributed by atoms with Crippen LogP contribution in [0.25, 0.3) is 0 Å². The topological polar surface area (TPSA) is 69.7 Å². The molecule has 0 aliphatic carbocycles. The molecule has 3 rings (SSSR count).